The van der Waals surface area contributed by atoms with E-state index in [0.29, 0.717) is 18.1 Å². The maximum atomic E-state index is 11.9. The zero-order valence-electron chi connectivity index (χ0n) is 12.0. The fourth-order valence-electron chi connectivity index (χ4n) is 2.88. The van der Waals surface area contributed by atoms with E-state index in [1.54, 1.807) is 0 Å². The molecule has 0 bridgehead atoms. The van der Waals surface area contributed by atoms with Gasteiger partial charge < -0.3 is 15.0 Å². The number of fused-ring (bicyclic) bond motifs is 1. The Morgan fingerprint density at radius 3 is 3.05 bits per heavy atom. The number of carbonyl (C=O) groups excluding carboxylic acids is 1. The van der Waals surface area contributed by atoms with Gasteiger partial charge in [-0.25, -0.2) is 9.97 Å². The van der Waals surface area contributed by atoms with Crippen LogP contribution in [-0.2, 0) is 11.2 Å². The predicted molar refractivity (Wildman–Crippen MR) is 75.1 cm³/mol. The van der Waals surface area contributed by atoms with Gasteiger partial charge in [0.25, 0.3) is 5.91 Å². The molecule has 1 aromatic rings. The van der Waals surface area contributed by atoms with Crippen molar-refractivity contribution < 1.29 is 9.53 Å². The van der Waals surface area contributed by atoms with Crippen LogP contribution in [0.15, 0.2) is 0 Å². The third kappa shape index (κ3) is 2.47. The van der Waals surface area contributed by atoms with Gasteiger partial charge in [-0.1, -0.05) is 0 Å². The zero-order chi connectivity index (χ0) is 14.1. The summed E-state index contributed by atoms with van der Waals surface area (Å²) in [4.78, 5) is 22.8. The van der Waals surface area contributed by atoms with Gasteiger partial charge >= 0.3 is 0 Å². The highest BCUT2D eigenvalue weighted by molar-refractivity contribution is 5.96. The lowest BCUT2D eigenvalue weighted by Gasteiger charge is -2.27. The molecule has 1 aromatic heterocycles. The quantitative estimate of drug-likeness (QED) is 0.879. The number of aromatic nitrogens is 2. The van der Waals surface area contributed by atoms with Crippen molar-refractivity contribution in [2.45, 2.75) is 32.3 Å². The predicted octanol–water partition coefficient (Wildman–Crippen LogP) is 0.686. The minimum atomic E-state index is -0.0940. The Morgan fingerprint density at radius 2 is 2.30 bits per heavy atom. The fourth-order valence-corrected chi connectivity index (χ4v) is 2.88. The molecular weight excluding hydrogens is 256 g/mol. The summed E-state index contributed by atoms with van der Waals surface area (Å²) in [5.74, 6) is 1.41. The molecule has 1 unspecified atom stereocenters. The molecule has 20 heavy (non-hydrogen) atoms. The molecule has 1 atom stereocenters. The van der Waals surface area contributed by atoms with E-state index >= 15 is 0 Å². The van der Waals surface area contributed by atoms with Crippen molar-refractivity contribution in [1.82, 2.24) is 15.3 Å². The van der Waals surface area contributed by atoms with Crippen LogP contribution in [0.1, 0.15) is 34.7 Å². The number of ether oxygens (including phenoxy) is 1. The van der Waals surface area contributed by atoms with E-state index < -0.39 is 0 Å². The summed E-state index contributed by atoms with van der Waals surface area (Å²) in [7, 11) is 2.01. The summed E-state index contributed by atoms with van der Waals surface area (Å²) < 4.78 is 5.68. The van der Waals surface area contributed by atoms with Crippen molar-refractivity contribution in [3.8, 4) is 0 Å². The first kappa shape index (κ1) is 13.3. The van der Waals surface area contributed by atoms with E-state index in [4.69, 9.17) is 4.74 Å². The lowest BCUT2D eigenvalue weighted by atomic mass is 10.1. The summed E-state index contributed by atoms with van der Waals surface area (Å²) in [5, 5.41) is 2.83. The van der Waals surface area contributed by atoms with Gasteiger partial charge in [-0.05, 0) is 26.2 Å². The smallest absolute Gasteiger partial charge is 0.270 e. The SMILES string of the molecule is Cc1nc2c(c(N(C)CC3CCCO3)n1)CCNC2=O. The molecular formula is C14H20N4O2. The molecule has 1 amide bonds. The maximum absolute atomic E-state index is 11.9. The molecule has 6 nitrogen and oxygen atoms in total. The van der Waals surface area contributed by atoms with Gasteiger partial charge in [0.05, 0.1) is 6.10 Å². The molecule has 0 saturated carbocycles. The van der Waals surface area contributed by atoms with Crippen molar-refractivity contribution in [3.63, 3.8) is 0 Å². The zero-order valence-corrected chi connectivity index (χ0v) is 12.0. The molecule has 6 heteroatoms. The minimum Gasteiger partial charge on any atom is -0.376 e. The second-order valence-electron chi connectivity index (χ2n) is 5.44. The molecule has 0 radical (unpaired) electrons. The van der Waals surface area contributed by atoms with Crippen LogP contribution < -0.4 is 10.2 Å². The van der Waals surface area contributed by atoms with Gasteiger partial charge in [-0.2, -0.15) is 0 Å². The lowest BCUT2D eigenvalue weighted by molar-refractivity contribution is 0.0940. The van der Waals surface area contributed by atoms with Crippen LogP contribution in [0.5, 0.6) is 0 Å². The lowest BCUT2D eigenvalue weighted by Crippen LogP contribution is -2.36. The van der Waals surface area contributed by atoms with E-state index in [1.807, 2.05) is 14.0 Å². The third-order valence-electron chi connectivity index (χ3n) is 3.84. The number of anilines is 1. The monoisotopic (exact) mass is 276 g/mol. The Kier molecular flexibility index (Phi) is 3.56. The first-order chi connectivity index (χ1) is 9.65. The Hall–Kier alpha value is -1.69. The second kappa shape index (κ2) is 5.36. The van der Waals surface area contributed by atoms with Crippen LogP contribution in [0.25, 0.3) is 0 Å². The molecule has 3 rings (SSSR count). The molecule has 1 saturated heterocycles. The van der Waals surface area contributed by atoms with Crippen LogP contribution in [0.3, 0.4) is 0 Å². The van der Waals surface area contributed by atoms with E-state index in [0.717, 1.165) is 43.8 Å². The molecule has 108 valence electrons. The topological polar surface area (TPSA) is 67.3 Å². The standard InChI is InChI=1S/C14H20N4O2/c1-9-16-12-11(5-6-15-14(12)19)13(17-9)18(2)8-10-4-3-7-20-10/h10H,3-8H2,1-2H3,(H,15,19). The molecule has 1 fully saturated rings. The number of aryl methyl sites for hydroxylation is 1. The number of likely N-dealkylation sites (N-methyl/N-ethyl adjacent to an activating group) is 1. The molecule has 1 N–H and O–H groups in total. The first-order valence-corrected chi connectivity index (χ1v) is 7.13. The van der Waals surface area contributed by atoms with Gasteiger partial charge in [0.1, 0.15) is 17.3 Å². The highest BCUT2D eigenvalue weighted by Crippen LogP contribution is 2.24. The average Bonchev–Trinajstić information content (AvgIpc) is 2.92. The van der Waals surface area contributed by atoms with Gasteiger partial charge in [0.2, 0.25) is 0 Å². The Balaban J connectivity index is 1.89. The number of nitrogens with one attached hydrogen (secondary N) is 1. The second-order valence-corrected chi connectivity index (χ2v) is 5.44. The number of rotatable bonds is 3. The highest BCUT2D eigenvalue weighted by Gasteiger charge is 2.26. The van der Waals surface area contributed by atoms with Gasteiger partial charge in [0.15, 0.2) is 0 Å². The minimum absolute atomic E-state index is 0.0940. The number of nitrogens with zero attached hydrogens (tertiary/aromatic N) is 3. The number of carbonyl (C=O) groups is 1. The van der Waals surface area contributed by atoms with Crippen LogP contribution in [0.4, 0.5) is 5.82 Å². The van der Waals surface area contributed by atoms with E-state index in [1.165, 1.54) is 0 Å². The highest BCUT2D eigenvalue weighted by atomic mass is 16.5. The van der Waals surface area contributed by atoms with E-state index in [-0.39, 0.29) is 12.0 Å². The summed E-state index contributed by atoms with van der Waals surface area (Å²) in [6.07, 6.45) is 3.27. The van der Waals surface area contributed by atoms with Crippen molar-refractivity contribution in [1.29, 1.82) is 0 Å². The molecule has 2 aliphatic heterocycles. The largest absolute Gasteiger partial charge is 0.376 e. The maximum Gasteiger partial charge on any atom is 0.270 e. The van der Waals surface area contributed by atoms with Crippen LogP contribution in [-0.4, -0.2) is 48.7 Å². The van der Waals surface area contributed by atoms with E-state index in [9.17, 15) is 4.79 Å². The number of hydrogen-bond acceptors (Lipinski definition) is 5. The van der Waals surface area contributed by atoms with Crippen LogP contribution in [0.2, 0.25) is 0 Å². The van der Waals surface area contributed by atoms with E-state index in [2.05, 4.69) is 20.2 Å². The van der Waals surface area contributed by atoms with Crippen molar-refractivity contribution in [2.24, 2.45) is 0 Å². The first-order valence-electron chi connectivity index (χ1n) is 7.13. The van der Waals surface area contributed by atoms with Gasteiger partial charge in [-0.15, -0.1) is 0 Å². The fraction of sp³-hybridized carbons (Fsp3) is 0.643. The molecule has 0 spiro atoms. The molecule has 2 aliphatic rings. The Bertz CT molecular complexity index is 526. The Morgan fingerprint density at radius 1 is 1.45 bits per heavy atom. The van der Waals surface area contributed by atoms with Gasteiger partial charge in [-0.3, -0.25) is 4.79 Å². The van der Waals surface area contributed by atoms with Crippen LogP contribution >= 0.6 is 0 Å². The third-order valence-corrected chi connectivity index (χ3v) is 3.84. The average molecular weight is 276 g/mol. The van der Waals surface area contributed by atoms with Crippen molar-refractivity contribution in [3.05, 3.63) is 17.1 Å². The summed E-state index contributed by atoms with van der Waals surface area (Å²) >= 11 is 0. The number of amides is 1. The molecule has 3 heterocycles. The normalized spacial score (nSPS) is 21.5. The molecule has 0 aliphatic carbocycles. The van der Waals surface area contributed by atoms with Gasteiger partial charge in [0, 0.05) is 32.3 Å². The summed E-state index contributed by atoms with van der Waals surface area (Å²) in [6.45, 7) is 4.14. The Labute approximate surface area is 118 Å². The number of hydrogen-bond donors (Lipinski definition) is 1. The van der Waals surface area contributed by atoms with Crippen molar-refractivity contribution in [2.75, 3.05) is 31.6 Å². The molecule has 0 aromatic carbocycles. The van der Waals surface area contributed by atoms with Crippen molar-refractivity contribution >= 4 is 11.7 Å². The summed E-state index contributed by atoms with van der Waals surface area (Å²) in [5.41, 5.74) is 1.48. The van der Waals surface area contributed by atoms with Crippen LogP contribution in [0, 0.1) is 6.92 Å². The summed E-state index contributed by atoms with van der Waals surface area (Å²) in [6, 6.07) is 0.